The Kier molecular flexibility index (Phi) is 9.17. The highest BCUT2D eigenvalue weighted by molar-refractivity contribution is 14.0. The van der Waals surface area contributed by atoms with Crippen molar-refractivity contribution in [3.8, 4) is 17.2 Å². The zero-order valence-corrected chi connectivity index (χ0v) is 20.7. The first-order valence-corrected chi connectivity index (χ1v) is 10.0. The smallest absolute Gasteiger partial charge is 0.191 e. The summed E-state index contributed by atoms with van der Waals surface area (Å²) in [4.78, 5) is 4.64. The molecular formula is C23H30IN5O2. The number of aromatic nitrogens is 2. The number of phenols is 1. The Labute approximate surface area is 200 Å². The van der Waals surface area contributed by atoms with Gasteiger partial charge in [-0.15, -0.1) is 24.0 Å². The zero-order valence-electron chi connectivity index (χ0n) is 18.3. The predicted octanol–water partition coefficient (Wildman–Crippen LogP) is 4.08. The van der Waals surface area contributed by atoms with Crippen molar-refractivity contribution in [3.05, 3.63) is 71.0 Å². The van der Waals surface area contributed by atoms with E-state index in [1.54, 1.807) is 12.1 Å². The van der Waals surface area contributed by atoms with Crippen molar-refractivity contribution in [1.29, 1.82) is 0 Å². The summed E-state index contributed by atoms with van der Waals surface area (Å²) in [5.74, 6) is 1.27. The minimum absolute atomic E-state index is 0. The number of nitrogens with zero attached hydrogens (tertiary/aromatic N) is 3. The van der Waals surface area contributed by atoms with Crippen LogP contribution in [0.2, 0.25) is 0 Å². The van der Waals surface area contributed by atoms with Gasteiger partial charge in [-0.2, -0.15) is 5.10 Å². The first-order valence-electron chi connectivity index (χ1n) is 10.0. The highest BCUT2D eigenvalue weighted by Crippen LogP contribution is 2.26. The number of para-hydroxylation sites is 1. The molecule has 0 spiro atoms. The number of guanidine groups is 1. The molecule has 2 aromatic carbocycles. The normalized spacial score (nSPS) is 11.0. The van der Waals surface area contributed by atoms with E-state index in [9.17, 15) is 5.11 Å². The van der Waals surface area contributed by atoms with E-state index >= 15 is 0 Å². The Morgan fingerprint density at radius 3 is 2.55 bits per heavy atom. The molecule has 3 N–H and O–H groups in total. The van der Waals surface area contributed by atoms with Gasteiger partial charge in [-0.3, -0.25) is 0 Å². The summed E-state index contributed by atoms with van der Waals surface area (Å²) in [7, 11) is 1.53. The number of phenolic OH excluding ortho intramolecular Hbond substituents is 1. The lowest BCUT2D eigenvalue weighted by atomic mass is 10.1. The summed E-state index contributed by atoms with van der Waals surface area (Å²) in [5.41, 5.74) is 5.16. The van der Waals surface area contributed by atoms with Crippen molar-refractivity contribution in [2.45, 2.75) is 33.9 Å². The van der Waals surface area contributed by atoms with Gasteiger partial charge in [-0.25, -0.2) is 9.67 Å². The number of aromatic hydroxyl groups is 1. The molecule has 0 unspecified atom stereocenters. The zero-order chi connectivity index (χ0) is 21.5. The van der Waals surface area contributed by atoms with Gasteiger partial charge < -0.3 is 20.5 Å². The lowest BCUT2D eigenvalue weighted by Crippen LogP contribution is -2.37. The van der Waals surface area contributed by atoms with E-state index in [2.05, 4.69) is 45.8 Å². The minimum Gasteiger partial charge on any atom is -0.504 e. The summed E-state index contributed by atoms with van der Waals surface area (Å²) in [6.45, 7) is 7.87. The van der Waals surface area contributed by atoms with E-state index in [1.165, 1.54) is 7.11 Å². The van der Waals surface area contributed by atoms with Crippen molar-refractivity contribution in [1.82, 2.24) is 20.4 Å². The van der Waals surface area contributed by atoms with Crippen molar-refractivity contribution in [2.24, 2.45) is 4.99 Å². The number of aliphatic imine (C=N–C) groups is 1. The van der Waals surface area contributed by atoms with Crippen molar-refractivity contribution < 1.29 is 9.84 Å². The van der Waals surface area contributed by atoms with Crippen LogP contribution in [-0.2, 0) is 13.1 Å². The van der Waals surface area contributed by atoms with Crippen molar-refractivity contribution in [3.63, 3.8) is 0 Å². The van der Waals surface area contributed by atoms with E-state index in [-0.39, 0.29) is 29.7 Å². The standard InChI is InChI=1S/C23H29N5O2.HI/c1-5-24-23(25-14-18-10-11-22(30-4)21(29)13-18)26-15-19-8-6-7-9-20(19)28-17(3)12-16(2)27-28;/h6-13,29H,5,14-15H2,1-4H3,(H2,24,25,26);1H. The second-order valence-corrected chi connectivity index (χ2v) is 7.02. The van der Waals surface area contributed by atoms with Gasteiger partial charge in [0.2, 0.25) is 0 Å². The predicted molar refractivity (Wildman–Crippen MR) is 135 cm³/mol. The molecule has 8 heteroatoms. The van der Waals surface area contributed by atoms with Gasteiger partial charge in [-0.1, -0.05) is 24.3 Å². The molecule has 0 radical (unpaired) electrons. The van der Waals surface area contributed by atoms with E-state index in [0.717, 1.165) is 34.7 Å². The number of rotatable bonds is 7. The van der Waals surface area contributed by atoms with Crippen LogP contribution in [0.5, 0.6) is 11.5 Å². The lowest BCUT2D eigenvalue weighted by Gasteiger charge is -2.15. The summed E-state index contributed by atoms with van der Waals surface area (Å²) < 4.78 is 7.06. The third kappa shape index (κ3) is 6.36. The molecule has 1 aromatic heterocycles. The molecule has 0 aliphatic carbocycles. The molecule has 0 aliphatic rings. The molecule has 0 aliphatic heterocycles. The molecule has 166 valence electrons. The Morgan fingerprint density at radius 1 is 1.13 bits per heavy atom. The fourth-order valence-electron chi connectivity index (χ4n) is 3.26. The second kappa shape index (κ2) is 11.6. The summed E-state index contributed by atoms with van der Waals surface area (Å²) >= 11 is 0. The molecule has 31 heavy (non-hydrogen) atoms. The SMILES string of the molecule is CCNC(=NCc1ccc(OC)c(O)c1)NCc1ccccc1-n1nc(C)cc1C.I. The number of nitrogens with one attached hydrogen (secondary N) is 2. The van der Waals surface area contributed by atoms with Crippen LogP contribution in [0.3, 0.4) is 0 Å². The van der Waals surface area contributed by atoms with E-state index in [4.69, 9.17) is 4.74 Å². The second-order valence-electron chi connectivity index (χ2n) is 7.02. The Bertz CT molecular complexity index is 1030. The number of ether oxygens (including phenoxy) is 1. The fraction of sp³-hybridized carbons (Fsp3) is 0.304. The van der Waals surface area contributed by atoms with Gasteiger partial charge in [0.05, 0.1) is 25.0 Å². The van der Waals surface area contributed by atoms with Crippen molar-refractivity contribution in [2.75, 3.05) is 13.7 Å². The number of halogens is 1. The molecule has 0 fully saturated rings. The largest absolute Gasteiger partial charge is 0.504 e. The fourth-order valence-corrected chi connectivity index (χ4v) is 3.26. The highest BCUT2D eigenvalue weighted by Gasteiger charge is 2.09. The molecule has 1 heterocycles. The van der Waals surface area contributed by atoms with Crippen LogP contribution in [0.15, 0.2) is 53.5 Å². The van der Waals surface area contributed by atoms with Gasteiger partial charge in [0.15, 0.2) is 17.5 Å². The Morgan fingerprint density at radius 2 is 1.90 bits per heavy atom. The average molecular weight is 535 g/mol. The number of aryl methyl sites for hydroxylation is 2. The lowest BCUT2D eigenvalue weighted by molar-refractivity contribution is 0.373. The Hall–Kier alpha value is -2.75. The van der Waals surface area contributed by atoms with E-state index < -0.39 is 0 Å². The maximum absolute atomic E-state index is 9.96. The van der Waals surface area contributed by atoms with Gasteiger partial charge in [0.25, 0.3) is 0 Å². The quantitative estimate of drug-likeness (QED) is 0.241. The summed E-state index contributed by atoms with van der Waals surface area (Å²) in [5, 5.41) is 21.2. The molecule has 3 rings (SSSR count). The monoisotopic (exact) mass is 535 g/mol. The first kappa shape index (κ1) is 24.5. The van der Waals surface area contributed by atoms with Gasteiger partial charge in [-0.05, 0) is 56.2 Å². The van der Waals surface area contributed by atoms with Crippen LogP contribution < -0.4 is 15.4 Å². The van der Waals surface area contributed by atoms with Gasteiger partial charge >= 0.3 is 0 Å². The van der Waals surface area contributed by atoms with Crippen LogP contribution in [0.25, 0.3) is 5.69 Å². The highest BCUT2D eigenvalue weighted by atomic mass is 127. The maximum atomic E-state index is 9.96. The molecule has 3 aromatic rings. The van der Waals surface area contributed by atoms with Crippen LogP contribution in [-0.4, -0.2) is 34.5 Å². The van der Waals surface area contributed by atoms with Crippen LogP contribution >= 0.6 is 24.0 Å². The topological polar surface area (TPSA) is 83.7 Å². The van der Waals surface area contributed by atoms with Crippen LogP contribution in [0.1, 0.15) is 29.4 Å². The van der Waals surface area contributed by atoms with E-state index in [0.29, 0.717) is 24.8 Å². The molecule has 0 atom stereocenters. The third-order valence-electron chi connectivity index (χ3n) is 4.68. The molecule has 0 saturated heterocycles. The van der Waals surface area contributed by atoms with Gasteiger partial charge in [0, 0.05) is 18.8 Å². The average Bonchev–Trinajstić information content (AvgIpc) is 3.08. The Balaban J connectivity index is 0.00000341. The molecule has 0 bridgehead atoms. The number of methoxy groups -OCH3 is 1. The minimum atomic E-state index is 0. The van der Waals surface area contributed by atoms with Crippen LogP contribution in [0.4, 0.5) is 0 Å². The van der Waals surface area contributed by atoms with Gasteiger partial charge in [0.1, 0.15) is 0 Å². The maximum Gasteiger partial charge on any atom is 0.191 e. The molecule has 0 amide bonds. The molecule has 7 nitrogen and oxygen atoms in total. The first-order chi connectivity index (χ1) is 14.5. The summed E-state index contributed by atoms with van der Waals surface area (Å²) in [6, 6.07) is 15.6. The molecular weight excluding hydrogens is 505 g/mol. The van der Waals surface area contributed by atoms with E-state index in [1.807, 2.05) is 36.7 Å². The third-order valence-corrected chi connectivity index (χ3v) is 4.68. The molecule has 0 saturated carbocycles. The number of benzene rings is 2. The number of hydrogen-bond acceptors (Lipinski definition) is 4. The summed E-state index contributed by atoms with van der Waals surface area (Å²) in [6.07, 6.45) is 0. The number of hydrogen-bond donors (Lipinski definition) is 3. The van der Waals surface area contributed by atoms with Crippen molar-refractivity contribution >= 4 is 29.9 Å². The van der Waals surface area contributed by atoms with Crippen LogP contribution in [0, 0.1) is 13.8 Å².